The van der Waals surface area contributed by atoms with E-state index < -0.39 is 35.0 Å². The highest BCUT2D eigenvalue weighted by Gasteiger charge is 2.55. The van der Waals surface area contributed by atoms with Gasteiger partial charge in [-0.25, -0.2) is 4.39 Å². The molecule has 2 fully saturated rings. The summed E-state index contributed by atoms with van der Waals surface area (Å²) in [4.78, 5) is 38.0. The van der Waals surface area contributed by atoms with E-state index in [0.29, 0.717) is 13.0 Å². The first-order chi connectivity index (χ1) is 10.6. The molecule has 3 amide bonds. The van der Waals surface area contributed by atoms with Crippen molar-refractivity contribution in [3.05, 3.63) is 0 Å². The van der Waals surface area contributed by atoms with Gasteiger partial charge in [0.2, 0.25) is 17.7 Å². The summed E-state index contributed by atoms with van der Waals surface area (Å²) in [5.41, 5.74) is 3.15. The zero-order valence-corrected chi connectivity index (χ0v) is 13.8. The smallest absolute Gasteiger partial charge is 0.240 e. The summed E-state index contributed by atoms with van der Waals surface area (Å²) < 4.78 is 13.9. The molecule has 2 rings (SSSR count). The molecule has 0 aromatic heterocycles. The molecule has 7 nitrogen and oxygen atoms in total. The van der Waals surface area contributed by atoms with Gasteiger partial charge in [-0.1, -0.05) is 0 Å². The summed E-state index contributed by atoms with van der Waals surface area (Å²) in [5, 5.41) is 5.55. The van der Waals surface area contributed by atoms with Gasteiger partial charge in [-0.05, 0) is 33.7 Å². The minimum absolute atomic E-state index is 0.0243. The normalized spacial score (nSPS) is 29.0. The van der Waals surface area contributed by atoms with E-state index in [2.05, 4.69) is 10.6 Å². The van der Waals surface area contributed by atoms with Gasteiger partial charge >= 0.3 is 0 Å². The molecule has 3 atom stereocenters. The Bertz CT molecular complexity index is 519. The number of rotatable bonds is 5. The number of nitrogens with one attached hydrogen (secondary N) is 2. The topological polar surface area (TPSA) is 105 Å². The third kappa shape index (κ3) is 3.46. The second-order valence-electron chi connectivity index (χ2n) is 7.14. The van der Waals surface area contributed by atoms with Crippen LogP contribution in [-0.4, -0.2) is 60.5 Å². The van der Waals surface area contributed by atoms with Crippen molar-refractivity contribution in [2.75, 3.05) is 20.1 Å². The molecule has 2 aliphatic heterocycles. The zero-order chi connectivity index (χ0) is 17.4. The van der Waals surface area contributed by atoms with Gasteiger partial charge in [0.15, 0.2) is 0 Å². The molecule has 0 unspecified atom stereocenters. The molecule has 130 valence electrons. The van der Waals surface area contributed by atoms with Crippen molar-refractivity contribution in [2.24, 2.45) is 11.1 Å². The van der Waals surface area contributed by atoms with Gasteiger partial charge in [0.05, 0.1) is 11.5 Å². The molecule has 2 aliphatic rings. The molecule has 4 N–H and O–H groups in total. The third-order valence-corrected chi connectivity index (χ3v) is 4.75. The number of hydrogen-bond donors (Lipinski definition) is 3. The van der Waals surface area contributed by atoms with Crippen LogP contribution in [0.15, 0.2) is 0 Å². The highest BCUT2D eigenvalue weighted by molar-refractivity contribution is 5.93. The van der Waals surface area contributed by atoms with Gasteiger partial charge in [-0.3, -0.25) is 14.4 Å². The molecule has 1 spiro atoms. The molecule has 0 aliphatic carbocycles. The summed E-state index contributed by atoms with van der Waals surface area (Å²) in [6.07, 6.45) is 0.775. The second kappa shape index (κ2) is 6.07. The number of carbonyl (C=O) groups excluding carboxylic acids is 3. The van der Waals surface area contributed by atoms with Crippen molar-refractivity contribution in [3.8, 4) is 0 Å². The Morgan fingerprint density at radius 2 is 2.22 bits per heavy atom. The fourth-order valence-corrected chi connectivity index (χ4v) is 3.53. The summed E-state index contributed by atoms with van der Waals surface area (Å²) in [7, 11) is 1.57. The second-order valence-corrected chi connectivity index (χ2v) is 7.14. The van der Waals surface area contributed by atoms with Crippen LogP contribution in [0.2, 0.25) is 0 Å². The van der Waals surface area contributed by atoms with Crippen molar-refractivity contribution in [2.45, 2.75) is 50.9 Å². The molecular weight excluding hydrogens is 303 g/mol. The van der Waals surface area contributed by atoms with E-state index in [1.165, 1.54) is 18.7 Å². The Kier molecular flexibility index (Phi) is 4.66. The van der Waals surface area contributed by atoms with Crippen LogP contribution < -0.4 is 16.4 Å². The van der Waals surface area contributed by atoms with Gasteiger partial charge in [0, 0.05) is 19.5 Å². The van der Waals surface area contributed by atoms with Crippen molar-refractivity contribution >= 4 is 17.7 Å². The van der Waals surface area contributed by atoms with Crippen molar-refractivity contribution in [3.63, 3.8) is 0 Å². The van der Waals surface area contributed by atoms with Gasteiger partial charge in [0.25, 0.3) is 0 Å². The average molecular weight is 328 g/mol. The first kappa shape index (κ1) is 17.7. The molecule has 2 saturated heterocycles. The fourth-order valence-electron chi connectivity index (χ4n) is 3.53. The lowest BCUT2D eigenvalue weighted by Gasteiger charge is -2.29. The van der Waals surface area contributed by atoms with Crippen LogP contribution in [-0.2, 0) is 14.4 Å². The zero-order valence-electron chi connectivity index (χ0n) is 13.8. The Labute approximate surface area is 135 Å². The Balaban J connectivity index is 2.23. The number of amides is 3. The number of hydrogen-bond acceptors (Lipinski definition) is 4. The number of nitrogens with two attached hydrogens (primary N) is 1. The van der Waals surface area contributed by atoms with Gasteiger partial charge in [-0.15, -0.1) is 0 Å². The predicted octanol–water partition coefficient (Wildman–Crippen LogP) is -0.695. The average Bonchev–Trinajstić information content (AvgIpc) is 3.00. The lowest BCUT2D eigenvalue weighted by Crippen LogP contribution is -2.52. The SMILES string of the molecule is CN[C@@H](CC(C)(C)F)C(=O)N1C[C@]2(CCNC2=O)C[C@H]1C(N)=O. The number of primary amides is 1. The number of halogens is 1. The van der Waals surface area contributed by atoms with E-state index in [9.17, 15) is 18.8 Å². The van der Waals surface area contributed by atoms with Gasteiger partial charge < -0.3 is 21.3 Å². The highest BCUT2D eigenvalue weighted by atomic mass is 19.1. The molecule has 23 heavy (non-hydrogen) atoms. The maximum absolute atomic E-state index is 13.9. The molecule has 0 aromatic rings. The lowest BCUT2D eigenvalue weighted by molar-refractivity contribution is -0.140. The summed E-state index contributed by atoms with van der Waals surface area (Å²) in [5.74, 6) is -1.17. The van der Waals surface area contributed by atoms with Crippen LogP contribution >= 0.6 is 0 Å². The van der Waals surface area contributed by atoms with Crippen molar-refractivity contribution in [1.29, 1.82) is 0 Å². The number of likely N-dealkylation sites (N-methyl/N-ethyl adjacent to an activating group) is 1. The number of carbonyl (C=O) groups is 3. The largest absolute Gasteiger partial charge is 0.368 e. The van der Waals surface area contributed by atoms with Gasteiger partial charge in [-0.2, -0.15) is 0 Å². The maximum atomic E-state index is 13.9. The van der Waals surface area contributed by atoms with Crippen LogP contribution in [0.3, 0.4) is 0 Å². The summed E-state index contributed by atoms with van der Waals surface area (Å²) in [6.45, 7) is 3.47. The monoisotopic (exact) mass is 328 g/mol. The first-order valence-electron chi connectivity index (χ1n) is 7.84. The fraction of sp³-hybridized carbons (Fsp3) is 0.800. The van der Waals surface area contributed by atoms with Crippen molar-refractivity contribution in [1.82, 2.24) is 15.5 Å². The predicted molar refractivity (Wildman–Crippen MR) is 82.0 cm³/mol. The van der Waals surface area contributed by atoms with Crippen molar-refractivity contribution < 1.29 is 18.8 Å². The van der Waals surface area contributed by atoms with E-state index in [1.54, 1.807) is 7.05 Å². The Hall–Kier alpha value is -1.70. The minimum atomic E-state index is -1.53. The molecule has 0 aromatic carbocycles. The van der Waals surface area contributed by atoms with E-state index >= 15 is 0 Å². The molecule has 0 bridgehead atoms. The summed E-state index contributed by atoms with van der Waals surface area (Å²) >= 11 is 0. The maximum Gasteiger partial charge on any atom is 0.240 e. The number of alkyl halides is 1. The first-order valence-corrected chi connectivity index (χ1v) is 7.84. The number of likely N-dealkylation sites (tertiary alicyclic amines) is 1. The molecule has 0 radical (unpaired) electrons. The van der Waals surface area contributed by atoms with E-state index in [1.807, 2.05) is 0 Å². The lowest BCUT2D eigenvalue weighted by atomic mass is 9.84. The van der Waals surface area contributed by atoms with Gasteiger partial charge in [0.1, 0.15) is 11.7 Å². The third-order valence-electron chi connectivity index (χ3n) is 4.75. The Morgan fingerprint density at radius 1 is 1.57 bits per heavy atom. The van der Waals surface area contributed by atoms with Crippen LogP contribution in [0.1, 0.15) is 33.1 Å². The quantitative estimate of drug-likeness (QED) is 0.621. The van der Waals surface area contributed by atoms with E-state index in [0.717, 1.165) is 0 Å². The van der Waals surface area contributed by atoms with Crippen LogP contribution in [0, 0.1) is 5.41 Å². The summed E-state index contributed by atoms with van der Waals surface area (Å²) in [6, 6.07) is -1.60. The van der Waals surface area contributed by atoms with Crippen LogP contribution in [0.4, 0.5) is 4.39 Å². The molecule has 0 saturated carbocycles. The van der Waals surface area contributed by atoms with Crippen LogP contribution in [0.5, 0.6) is 0 Å². The molecular formula is C15H25FN4O3. The molecule has 8 heteroatoms. The minimum Gasteiger partial charge on any atom is -0.368 e. The van der Waals surface area contributed by atoms with Crippen LogP contribution in [0.25, 0.3) is 0 Å². The van der Waals surface area contributed by atoms with E-state index in [-0.39, 0.29) is 25.3 Å². The highest BCUT2D eigenvalue weighted by Crippen LogP contribution is 2.41. The Morgan fingerprint density at radius 3 is 2.65 bits per heavy atom. The van der Waals surface area contributed by atoms with E-state index in [4.69, 9.17) is 5.73 Å². The standard InChI is InChI=1S/C15H25FN4O3/c1-14(2,16)6-9(18-3)12(22)20-8-15(4-5-19-13(15)23)7-10(20)11(17)21/h9-10,18H,4-8H2,1-3H3,(H2,17,21)(H,19,23)/t9-,10-,15-/m0/s1. The number of nitrogens with zero attached hydrogens (tertiary/aromatic N) is 1. The molecule has 2 heterocycles.